The van der Waals surface area contributed by atoms with Gasteiger partial charge in [0.25, 0.3) is 0 Å². The van der Waals surface area contributed by atoms with Crippen molar-refractivity contribution < 1.29 is 9.94 Å². The van der Waals surface area contributed by atoms with Gasteiger partial charge >= 0.3 is 0 Å². The monoisotopic (exact) mass is 353 g/mol. The zero-order chi connectivity index (χ0) is 17.5. The molecule has 1 N–H and O–H groups in total. The van der Waals surface area contributed by atoms with Crippen LogP contribution in [0.5, 0.6) is 0 Å². The summed E-state index contributed by atoms with van der Waals surface area (Å²) in [5.74, 6) is 5.12. The number of allylic oxidation sites excluding steroid dienone is 2. The van der Waals surface area contributed by atoms with Gasteiger partial charge < -0.3 is 9.94 Å². The van der Waals surface area contributed by atoms with Crippen LogP contribution >= 0.6 is 0 Å². The molecule has 140 valence electrons. The van der Waals surface area contributed by atoms with Crippen LogP contribution < -0.4 is 0 Å². The molecule has 1 heterocycles. The van der Waals surface area contributed by atoms with E-state index >= 15 is 0 Å². The fourth-order valence-electron chi connectivity index (χ4n) is 8.76. The summed E-state index contributed by atoms with van der Waals surface area (Å²) in [6, 6.07) is 0. The predicted octanol–water partition coefficient (Wildman–Crippen LogP) is 4.96. The van der Waals surface area contributed by atoms with Crippen molar-refractivity contribution >= 4 is 5.71 Å². The van der Waals surface area contributed by atoms with Gasteiger partial charge in [-0.3, -0.25) is 0 Å². The molecule has 4 saturated carbocycles. The summed E-state index contributed by atoms with van der Waals surface area (Å²) in [5, 5.41) is 12.7. The second-order valence-corrected chi connectivity index (χ2v) is 9.91. The molecule has 0 bridgehead atoms. The highest BCUT2D eigenvalue weighted by molar-refractivity contribution is 5.96. The SMILES string of the molecule is CC[C@]12CCC3C(CCC4=C/C(=N/O)CC[C@@H]43)C1[C@H]1C[C@H]1[C@@]21C=CCO1. The molecule has 1 spiro atoms. The van der Waals surface area contributed by atoms with Gasteiger partial charge in [-0.05, 0) is 93.0 Å². The van der Waals surface area contributed by atoms with Crippen molar-refractivity contribution in [3.05, 3.63) is 23.8 Å². The Balaban J connectivity index is 1.38. The van der Waals surface area contributed by atoms with Crippen LogP contribution in [0.3, 0.4) is 0 Å². The van der Waals surface area contributed by atoms with Crippen LogP contribution in [0.2, 0.25) is 0 Å². The van der Waals surface area contributed by atoms with E-state index in [0.717, 1.165) is 54.2 Å². The smallest absolute Gasteiger partial charge is 0.0957 e. The van der Waals surface area contributed by atoms with Crippen LogP contribution in [-0.4, -0.2) is 23.1 Å². The molecular weight excluding hydrogens is 322 g/mol. The highest BCUT2D eigenvalue weighted by Gasteiger charge is 2.77. The molecule has 0 aromatic rings. The summed E-state index contributed by atoms with van der Waals surface area (Å²) in [4.78, 5) is 0. The Morgan fingerprint density at radius 1 is 1.19 bits per heavy atom. The average Bonchev–Trinajstić information content (AvgIpc) is 3.26. The Hall–Kier alpha value is -1.09. The van der Waals surface area contributed by atoms with E-state index in [9.17, 15) is 5.21 Å². The first-order valence-corrected chi connectivity index (χ1v) is 11.0. The molecular formula is C23H31NO2. The molecule has 4 fully saturated rings. The standard InChI is InChI=1S/C23H31NO2/c1-2-22-10-8-17-16-7-5-15(24-25)12-14(16)4-6-18(17)21(22)19-13-20(19)23(22)9-3-11-26-23/h3,9,12,16-21,25H,2,4-8,10-11,13H2,1H3/b24-15+/t16-,17?,18?,19-,20+,21?,22-,23-/m0/s1. The number of hydrogen-bond acceptors (Lipinski definition) is 3. The Kier molecular flexibility index (Phi) is 3.21. The van der Waals surface area contributed by atoms with Crippen molar-refractivity contribution in [3.8, 4) is 0 Å². The molecule has 6 aliphatic rings. The van der Waals surface area contributed by atoms with Crippen molar-refractivity contribution in [1.82, 2.24) is 0 Å². The fourth-order valence-corrected chi connectivity index (χ4v) is 8.76. The number of nitrogens with zero attached hydrogens (tertiary/aromatic N) is 1. The molecule has 0 aromatic carbocycles. The van der Waals surface area contributed by atoms with Crippen LogP contribution in [-0.2, 0) is 4.74 Å². The highest BCUT2D eigenvalue weighted by atomic mass is 16.5. The lowest BCUT2D eigenvalue weighted by atomic mass is 9.48. The maximum Gasteiger partial charge on any atom is 0.0957 e. The minimum absolute atomic E-state index is 0.0848. The fraction of sp³-hybridized carbons (Fsp3) is 0.783. The maximum atomic E-state index is 9.18. The van der Waals surface area contributed by atoms with Gasteiger partial charge in [0, 0.05) is 5.41 Å². The molecule has 6 rings (SSSR count). The third-order valence-electron chi connectivity index (χ3n) is 9.57. The van der Waals surface area contributed by atoms with E-state index in [4.69, 9.17) is 4.74 Å². The first-order chi connectivity index (χ1) is 12.7. The van der Waals surface area contributed by atoms with Crippen LogP contribution in [0.1, 0.15) is 58.3 Å². The lowest BCUT2D eigenvalue weighted by molar-refractivity contribution is -0.142. The quantitative estimate of drug-likeness (QED) is 0.411. The molecule has 1 aliphatic heterocycles. The van der Waals surface area contributed by atoms with Crippen LogP contribution in [0.25, 0.3) is 0 Å². The summed E-state index contributed by atoms with van der Waals surface area (Å²) in [7, 11) is 0. The summed E-state index contributed by atoms with van der Waals surface area (Å²) < 4.78 is 6.57. The van der Waals surface area contributed by atoms with Gasteiger partial charge in [0.05, 0.1) is 17.9 Å². The summed E-state index contributed by atoms with van der Waals surface area (Å²) in [5.41, 5.74) is 2.98. The minimum atomic E-state index is 0.0848. The zero-order valence-electron chi connectivity index (χ0n) is 15.9. The second-order valence-electron chi connectivity index (χ2n) is 9.91. The molecule has 8 atom stereocenters. The van der Waals surface area contributed by atoms with Crippen molar-refractivity contribution in [2.24, 2.45) is 46.1 Å². The third kappa shape index (κ3) is 1.72. The Morgan fingerprint density at radius 2 is 2.12 bits per heavy atom. The number of rotatable bonds is 1. The molecule has 0 saturated heterocycles. The number of hydrogen-bond donors (Lipinski definition) is 1. The lowest BCUT2D eigenvalue weighted by Crippen LogP contribution is -2.56. The maximum absolute atomic E-state index is 9.18. The summed E-state index contributed by atoms with van der Waals surface area (Å²) in [6.07, 6.45) is 17.2. The lowest BCUT2D eigenvalue weighted by Gasteiger charge is -2.58. The number of ether oxygens (including phenoxy) is 1. The highest BCUT2D eigenvalue weighted by Crippen LogP contribution is 2.78. The van der Waals surface area contributed by atoms with Gasteiger partial charge in [-0.1, -0.05) is 29.8 Å². The van der Waals surface area contributed by atoms with Gasteiger partial charge in [0.2, 0.25) is 0 Å². The predicted molar refractivity (Wildman–Crippen MR) is 101 cm³/mol. The first-order valence-electron chi connectivity index (χ1n) is 11.0. The summed E-state index contributed by atoms with van der Waals surface area (Å²) >= 11 is 0. The van der Waals surface area contributed by atoms with E-state index in [0.29, 0.717) is 5.41 Å². The molecule has 3 unspecified atom stereocenters. The molecule has 3 nitrogen and oxygen atoms in total. The van der Waals surface area contributed by atoms with Gasteiger partial charge in [-0.2, -0.15) is 0 Å². The minimum Gasteiger partial charge on any atom is -0.411 e. The van der Waals surface area contributed by atoms with Crippen molar-refractivity contribution in [3.63, 3.8) is 0 Å². The Morgan fingerprint density at radius 3 is 2.88 bits per heavy atom. The largest absolute Gasteiger partial charge is 0.411 e. The molecule has 5 aliphatic carbocycles. The van der Waals surface area contributed by atoms with Crippen molar-refractivity contribution in [1.29, 1.82) is 0 Å². The van der Waals surface area contributed by atoms with Gasteiger partial charge in [-0.25, -0.2) is 0 Å². The van der Waals surface area contributed by atoms with E-state index < -0.39 is 0 Å². The number of fused-ring (bicyclic) bond motifs is 9. The third-order valence-corrected chi connectivity index (χ3v) is 9.57. The molecule has 26 heavy (non-hydrogen) atoms. The van der Waals surface area contributed by atoms with E-state index in [-0.39, 0.29) is 5.60 Å². The molecule has 3 heteroatoms. The molecule has 0 amide bonds. The molecule has 0 aromatic heterocycles. The van der Waals surface area contributed by atoms with Crippen LogP contribution in [0.4, 0.5) is 0 Å². The van der Waals surface area contributed by atoms with E-state index in [1.54, 1.807) is 5.57 Å². The van der Waals surface area contributed by atoms with Gasteiger partial charge in [0.15, 0.2) is 0 Å². The van der Waals surface area contributed by atoms with Gasteiger partial charge in [0.1, 0.15) is 0 Å². The second kappa shape index (κ2) is 5.25. The Bertz CT molecular complexity index is 724. The van der Waals surface area contributed by atoms with Crippen LogP contribution in [0.15, 0.2) is 29.0 Å². The molecule has 0 radical (unpaired) electrons. The average molecular weight is 354 g/mol. The van der Waals surface area contributed by atoms with Crippen molar-refractivity contribution in [2.75, 3.05) is 6.61 Å². The van der Waals surface area contributed by atoms with E-state index in [2.05, 4.69) is 30.3 Å². The van der Waals surface area contributed by atoms with E-state index in [1.807, 2.05) is 0 Å². The number of oxime groups is 1. The topological polar surface area (TPSA) is 41.8 Å². The summed E-state index contributed by atoms with van der Waals surface area (Å²) in [6.45, 7) is 3.28. The Labute approximate surface area is 156 Å². The normalized spacial score (nSPS) is 55.3. The van der Waals surface area contributed by atoms with E-state index in [1.165, 1.54) is 44.9 Å². The van der Waals surface area contributed by atoms with Gasteiger partial charge in [-0.15, -0.1) is 0 Å². The zero-order valence-corrected chi connectivity index (χ0v) is 15.9. The van der Waals surface area contributed by atoms with Crippen LogP contribution in [0, 0.1) is 40.9 Å². The van der Waals surface area contributed by atoms with Crippen molar-refractivity contribution in [2.45, 2.75) is 63.9 Å². The first kappa shape index (κ1) is 15.9.